The Balaban J connectivity index is 1.70. The van der Waals surface area contributed by atoms with Gasteiger partial charge in [0.15, 0.2) is 6.17 Å². The van der Waals surface area contributed by atoms with E-state index in [1.54, 1.807) is 48.7 Å². The van der Waals surface area contributed by atoms with Crippen LogP contribution in [0.25, 0.3) is 0 Å². The van der Waals surface area contributed by atoms with E-state index in [9.17, 15) is 9.59 Å². The van der Waals surface area contributed by atoms with Crippen LogP contribution in [0.5, 0.6) is 0 Å². The first-order valence-electron chi connectivity index (χ1n) is 7.81. The van der Waals surface area contributed by atoms with Gasteiger partial charge < -0.3 is 9.73 Å². The molecule has 2 heterocycles. The number of hydrazine groups is 1. The zero-order valence-corrected chi connectivity index (χ0v) is 13.2. The Labute approximate surface area is 144 Å². The Morgan fingerprint density at radius 2 is 1.80 bits per heavy atom. The smallest absolute Gasteiger partial charge is 0.276 e. The van der Waals surface area contributed by atoms with Crippen LogP contribution in [-0.2, 0) is 0 Å². The lowest BCUT2D eigenvalue weighted by Crippen LogP contribution is -2.52. The lowest BCUT2D eigenvalue weighted by Gasteiger charge is -2.37. The SMILES string of the molecule is O=C(NN1C(=O)c2ccccc2N[C@@H]1c1ccoc1)c1ccccc1. The maximum atomic E-state index is 12.9. The predicted octanol–water partition coefficient (Wildman–Crippen LogP) is 3.19. The lowest BCUT2D eigenvalue weighted by atomic mass is 10.1. The van der Waals surface area contributed by atoms with Crippen molar-refractivity contribution in [3.63, 3.8) is 0 Å². The molecule has 0 saturated carbocycles. The number of para-hydroxylation sites is 1. The molecule has 0 spiro atoms. The summed E-state index contributed by atoms with van der Waals surface area (Å²) in [5.41, 5.74) is 5.12. The van der Waals surface area contributed by atoms with Crippen molar-refractivity contribution in [2.75, 3.05) is 5.32 Å². The summed E-state index contributed by atoms with van der Waals surface area (Å²) >= 11 is 0. The first kappa shape index (κ1) is 15.0. The predicted molar refractivity (Wildman–Crippen MR) is 91.6 cm³/mol. The van der Waals surface area contributed by atoms with Crippen molar-refractivity contribution in [1.29, 1.82) is 0 Å². The van der Waals surface area contributed by atoms with Gasteiger partial charge in [-0.05, 0) is 30.3 Å². The van der Waals surface area contributed by atoms with Crippen molar-refractivity contribution in [3.8, 4) is 0 Å². The molecule has 124 valence electrons. The zero-order valence-electron chi connectivity index (χ0n) is 13.2. The highest BCUT2D eigenvalue weighted by molar-refractivity contribution is 6.03. The molecule has 2 aromatic carbocycles. The van der Waals surface area contributed by atoms with Crippen LogP contribution >= 0.6 is 0 Å². The molecule has 0 unspecified atom stereocenters. The molecule has 3 aromatic rings. The second kappa shape index (κ2) is 6.16. The maximum absolute atomic E-state index is 12.9. The molecule has 1 atom stereocenters. The van der Waals surface area contributed by atoms with Crippen LogP contribution < -0.4 is 10.7 Å². The van der Waals surface area contributed by atoms with Gasteiger partial charge in [0.2, 0.25) is 0 Å². The van der Waals surface area contributed by atoms with E-state index in [1.165, 1.54) is 11.3 Å². The average molecular weight is 333 g/mol. The van der Waals surface area contributed by atoms with Gasteiger partial charge in [0.1, 0.15) is 0 Å². The second-order valence-electron chi connectivity index (χ2n) is 5.63. The molecule has 2 amide bonds. The summed E-state index contributed by atoms with van der Waals surface area (Å²) < 4.78 is 5.14. The molecule has 6 heteroatoms. The van der Waals surface area contributed by atoms with Gasteiger partial charge in [0, 0.05) is 16.8 Å². The molecule has 25 heavy (non-hydrogen) atoms. The molecule has 1 aromatic heterocycles. The van der Waals surface area contributed by atoms with E-state index in [-0.39, 0.29) is 11.8 Å². The van der Waals surface area contributed by atoms with Gasteiger partial charge in [-0.1, -0.05) is 30.3 Å². The average Bonchev–Trinajstić information content (AvgIpc) is 3.19. The van der Waals surface area contributed by atoms with E-state index in [0.29, 0.717) is 16.8 Å². The number of anilines is 1. The van der Waals surface area contributed by atoms with E-state index < -0.39 is 6.17 Å². The van der Waals surface area contributed by atoms with Crippen LogP contribution in [0.1, 0.15) is 32.4 Å². The van der Waals surface area contributed by atoms with Gasteiger partial charge in [-0.15, -0.1) is 0 Å². The van der Waals surface area contributed by atoms with Gasteiger partial charge >= 0.3 is 0 Å². The molecule has 4 rings (SSSR count). The molecular weight excluding hydrogens is 318 g/mol. The molecule has 0 aliphatic carbocycles. The number of carbonyl (C=O) groups excluding carboxylic acids is 2. The summed E-state index contributed by atoms with van der Waals surface area (Å²) in [5, 5.41) is 4.56. The number of nitrogens with one attached hydrogen (secondary N) is 2. The minimum Gasteiger partial charge on any atom is -0.472 e. The Hall–Kier alpha value is -3.54. The van der Waals surface area contributed by atoms with Gasteiger partial charge in [0.25, 0.3) is 11.8 Å². The fraction of sp³-hybridized carbons (Fsp3) is 0.0526. The topological polar surface area (TPSA) is 74.6 Å². The third kappa shape index (κ3) is 2.74. The second-order valence-corrected chi connectivity index (χ2v) is 5.63. The van der Waals surface area contributed by atoms with Crippen molar-refractivity contribution in [3.05, 3.63) is 89.9 Å². The molecule has 2 N–H and O–H groups in total. The number of hydrogen-bond donors (Lipinski definition) is 2. The van der Waals surface area contributed by atoms with E-state index in [0.717, 1.165) is 5.56 Å². The van der Waals surface area contributed by atoms with Gasteiger partial charge in [-0.25, -0.2) is 5.01 Å². The van der Waals surface area contributed by atoms with E-state index in [2.05, 4.69) is 10.7 Å². The van der Waals surface area contributed by atoms with Crippen molar-refractivity contribution >= 4 is 17.5 Å². The van der Waals surface area contributed by atoms with Gasteiger partial charge in [-0.2, -0.15) is 0 Å². The monoisotopic (exact) mass is 333 g/mol. The largest absolute Gasteiger partial charge is 0.472 e. The highest BCUT2D eigenvalue weighted by Crippen LogP contribution is 2.32. The number of benzene rings is 2. The Kier molecular flexibility index (Phi) is 3.70. The van der Waals surface area contributed by atoms with Crippen molar-refractivity contribution in [2.45, 2.75) is 6.17 Å². The Morgan fingerprint density at radius 3 is 2.56 bits per heavy atom. The van der Waals surface area contributed by atoms with Crippen molar-refractivity contribution < 1.29 is 14.0 Å². The molecule has 0 fully saturated rings. The molecular formula is C19H15N3O3. The van der Waals surface area contributed by atoms with Crippen LogP contribution in [-0.4, -0.2) is 16.8 Å². The Morgan fingerprint density at radius 1 is 1.04 bits per heavy atom. The van der Waals surface area contributed by atoms with Crippen LogP contribution in [0.3, 0.4) is 0 Å². The number of amides is 2. The van der Waals surface area contributed by atoms with Gasteiger partial charge in [-0.3, -0.25) is 15.0 Å². The molecule has 0 radical (unpaired) electrons. The molecule has 6 nitrogen and oxygen atoms in total. The first-order chi connectivity index (χ1) is 12.2. The van der Waals surface area contributed by atoms with E-state index in [1.807, 2.05) is 18.2 Å². The van der Waals surface area contributed by atoms with Crippen LogP contribution in [0.4, 0.5) is 5.69 Å². The maximum Gasteiger partial charge on any atom is 0.276 e. The van der Waals surface area contributed by atoms with Gasteiger partial charge in [0.05, 0.1) is 18.1 Å². The molecule has 1 aliphatic rings. The Bertz CT molecular complexity index is 907. The normalized spacial score (nSPS) is 16.1. The third-order valence-corrected chi connectivity index (χ3v) is 4.04. The van der Waals surface area contributed by atoms with Crippen LogP contribution in [0.15, 0.2) is 77.6 Å². The summed E-state index contributed by atoms with van der Waals surface area (Å²) in [5.74, 6) is -0.645. The number of furan rings is 1. The minimum atomic E-state index is -0.561. The number of rotatable bonds is 3. The fourth-order valence-electron chi connectivity index (χ4n) is 2.80. The van der Waals surface area contributed by atoms with Crippen LogP contribution in [0.2, 0.25) is 0 Å². The van der Waals surface area contributed by atoms with E-state index >= 15 is 0 Å². The molecule has 0 bridgehead atoms. The highest BCUT2D eigenvalue weighted by Gasteiger charge is 2.34. The number of hydrogen-bond acceptors (Lipinski definition) is 4. The molecule has 0 saturated heterocycles. The van der Waals surface area contributed by atoms with E-state index in [4.69, 9.17) is 4.42 Å². The summed E-state index contributed by atoms with van der Waals surface area (Å²) in [4.78, 5) is 25.5. The first-order valence-corrected chi connectivity index (χ1v) is 7.81. The summed E-state index contributed by atoms with van der Waals surface area (Å²) in [6, 6.07) is 17.7. The third-order valence-electron chi connectivity index (χ3n) is 4.04. The van der Waals surface area contributed by atoms with Crippen LogP contribution in [0, 0.1) is 0 Å². The quantitative estimate of drug-likeness (QED) is 0.772. The van der Waals surface area contributed by atoms with Crippen molar-refractivity contribution in [1.82, 2.24) is 10.4 Å². The fourth-order valence-corrected chi connectivity index (χ4v) is 2.80. The van der Waals surface area contributed by atoms with Crippen molar-refractivity contribution in [2.24, 2.45) is 0 Å². The lowest BCUT2D eigenvalue weighted by molar-refractivity contribution is 0.0490. The number of fused-ring (bicyclic) bond motifs is 1. The standard InChI is InChI=1S/C19H15N3O3/c23-18(13-6-2-1-3-7-13)21-22-17(14-10-11-25-12-14)20-16-9-5-4-8-15(16)19(22)24/h1-12,17,20H,(H,21,23)/t17-/m0/s1. The number of carbonyl (C=O) groups is 2. The number of nitrogens with zero attached hydrogens (tertiary/aromatic N) is 1. The zero-order chi connectivity index (χ0) is 17.2. The molecule has 1 aliphatic heterocycles. The summed E-state index contributed by atoms with van der Waals surface area (Å²) in [7, 11) is 0. The minimum absolute atomic E-state index is 0.287. The highest BCUT2D eigenvalue weighted by atomic mass is 16.3. The summed E-state index contributed by atoms with van der Waals surface area (Å²) in [6.45, 7) is 0. The summed E-state index contributed by atoms with van der Waals surface area (Å²) in [6.07, 6.45) is 2.51.